The van der Waals surface area contributed by atoms with Gasteiger partial charge in [-0.3, -0.25) is 0 Å². The molecule has 0 fully saturated rings. The van der Waals surface area contributed by atoms with E-state index in [-0.39, 0.29) is 0 Å². The molecule has 49 heavy (non-hydrogen) atoms. The van der Waals surface area contributed by atoms with Crippen molar-refractivity contribution in [3.05, 3.63) is 164 Å². The van der Waals surface area contributed by atoms with Crippen LogP contribution in [0, 0.1) is 0 Å². The molecule has 6 heteroatoms. The van der Waals surface area contributed by atoms with Crippen molar-refractivity contribution >= 4 is 22.1 Å². The molecule has 0 saturated carbocycles. The lowest BCUT2D eigenvalue weighted by molar-refractivity contribution is 0.653. The van der Waals surface area contributed by atoms with Crippen molar-refractivity contribution in [1.82, 2.24) is 24.9 Å². The van der Waals surface area contributed by atoms with Crippen molar-refractivity contribution in [3.63, 3.8) is 0 Å². The number of hydrogen-bond acceptors (Lipinski definition) is 6. The fourth-order valence-corrected chi connectivity index (χ4v) is 6.12. The highest BCUT2D eigenvalue weighted by atomic mass is 16.3. The van der Waals surface area contributed by atoms with Crippen LogP contribution in [0.25, 0.3) is 90.0 Å². The van der Waals surface area contributed by atoms with Crippen molar-refractivity contribution in [1.29, 1.82) is 0 Å². The van der Waals surface area contributed by atoms with Gasteiger partial charge in [-0.1, -0.05) is 158 Å². The Bertz CT molecular complexity index is 2510. The first-order valence-corrected chi connectivity index (χ1v) is 16.1. The number of hydrogen-bond donors (Lipinski definition) is 0. The van der Waals surface area contributed by atoms with Gasteiger partial charge in [0.05, 0.1) is 11.1 Å². The molecule has 6 aromatic carbocycles. The Balaban J connectivity index is 1.06. The number of para-hydroxylation sites is 1. The molecule has 6 nitrogen and oxygen atoms in total. The van der Waals surface area contributed by atoms with Crippen molar-refractivity contribution < 1.29 is 4.42 Å². The highest BCUT2D eigenvalue weighted by molar-refractivity contribution is 6.10. The molecular formula is C43H27N5O. The first kappa shape index (κ1) is 28.4. The molecule has 9 aromatic rings. The predicted molar refractivity (Wildman–Crippen MR) is 195 cm³/mol. The lowest BCUT2D eigenvalue weighted by atomic mass is 10.0. The van der Waals surface area contributed by atoms with Gasteiger partial charge in [0.15, 0.2) is 23.3 Å². The summed E-state index contributed by atoms with van der Waals surface area (Å²) in [6.07, 6.45) is 0. The average Bonchev–Trinajstić information content (AvgIpc) is 3.57. The SMILES string of the molecule is c1ccc(-c2nc(-c3ccccc3)nc(-c3ccc(-c4ccc(-c5nc(-c6ccccc6)c6c(n5)oc5ccccc56)cc4)cc3)n2)cc1. The molecule has 0 aliphatic heterocycles. The molecule has 0 unspecified atom stereocenters. The van der Waals surface area contributed by atoms with Crippen LogP contribution < -0.4 is 0 Å². The van der Waals surface area contributed by atoms with Gasteiger partial charge in [0.25, 0.3) is 0 Å². The Morgan fingerprint density at radius 2 is 0.694 bits per heavy atom. The highest BCUT2D eigenvalue weighted by Crippen LogP contribution is 2.36. The minimum atomic E-state index is 0.578. The molecule has 0 atom stereocenters. The molecule has 0 amide bonds. The van der Waals surface area contributed by atoms with Gasteiger partial charge < -0.3 is 4.42 Å². The standard InChI is InChI=1S/C43H27N5O/c1-4-12-30(13-5-1)38-37-35-18-10-11-19-36(35)49-43(37)48-39(44-38)33-24-20-28(21-25-33)29-22-26-34(27-23-29)42-46-40(31-14-6-2-7-15-31)45-41(47-42)32-16-8-3-9-17-32/h1-27H. The van der Waals surface area contributed by atoms with Crippen LogP contribution in [-0.2, 0) is 0 Å². The number of aromatic nitrogens is 5. The third-order valence-corrected chi connectivity index (χ3v) is 8.60. The Morgan fingerprint density at radius 1 is 0.306 bits per heavy atom. The predicted octanol–water partition coefficient (Wildman–Crippen LogP) is 10.6. The summed E-state index contributed by atoms with van der Waals surface area (Å²) in [5, 5.41) is 1.93. The quantitative estimate of drug-likeness (QED) is 0.182. The van der Waals surface area contributed by atoms with Crippen molar-refractivity contribution in [2.45, 2.75) is 0 Å². The molecule has 9 rings (SSSR count). The van der Waals surface area contributed by atoms with Gasteiger partial charge in [-0.25, -0.2) is 19.9 Å². The second kappa shape index (κ2) is 12.1. The fourth-order valence-electron chi connectivity index (χ4n) is 6.12. The summed E-state index contributed by atoms with van der Waals surface area (Å²) in [5.41, 5.74) is 9.12. The van der Waals surface area contributed by atoms with Crippen LogP contribution in [0.4, 0.5) is 0 Å². The van der Waals surface area contributed by atoms with Crippen LogP contribution in [0.1, 0.15) is 0 Å². The third kappa shape index (κ3) is 5.41. The monoisotopic (exact) mass is 629 g/mol. The molecule has 0 spiro atoms. The number of nitrogens with zero attached hydrogens (tertiary/aromatic N) is 5. The Kier molecular flexibility index (Phi) is 7.02. The lowest BCUT2D eigenvalue weighted by Gasteiger charge is -2.09. The number of benzene rings is 6. The van der Waals surface area contributed by atoms with E-state index in [1.807, 2.05) is 97.1 Å². The molecule has 3 heterocycles. The topological polar surface area (TPSA) is 77.6 Å². The van der Waals surface area contributed by atoms with Crippen LogP contribution in [0.3, 0.4) is 0 Å². The van der Waals surface area contributed by atoms with E-state index in [2.05, 4.69) is 66.7 Å². The van der Waals surface area contributed by atoms with Crippen molar-refractivity contribution in [3.8, 4) is 67.9 Å². The average molecular weight is 630 g/mol. The van der Waals surface area contributed by atoms with Crippen LogP contribution in [0.15, 0.2) is 168 Å². The number of fused-ring (bicyclic) bond motifs is 3. The van der Waals surface area contributed by atoms with Crippen LogP contribution >= 0.6 is 0 Å². The summed E-state index contributed by atoms with van der Waals surface area (Å²) < 4.78 is 6.22. The van der Waals surface area contributed by atoms with E-state index in [0.29, 0.717) is 29.0 Å². The zero-order valence-electron chi connectivity index (χ0n) is 26.2. The van der Waals surface area contributed by atoms with E-state index in [0.717, 1.165) is 61.0 Å². The first-order chi connectivity index (χ1) is 24.3. The van der Waals surface area contributed by atoms with E-state index in [9.17, 15) is 0 Å². The van der Waals surface area contributed by atoms with Gasteiger partial charge in [-0.2, -0.15) is 4.98 Å². The molecule has 0 aliphatic carbocycles. The number of rotatable bonds is 6. The first-order valence-electron chi connectivity index (χ1n) is 16.1. The second-order valence-corrected chi connectivity index (χ2v) is 11.7. The van der Waals surface area contributed by atoms with Crippen LogP contribution in [0.5, 0.6) is 0 Å². The molecule has 0 radical (unpaired) electrons. The zero-order chi connectivity index (χ0) is 32.6. The van der Waals surface area contributed by atoms with Crippen LogP contribution in [-0.4, -0.2) is 24.9 Å². The van der Waals surface area contributed by atoms with E-state index in [1.54, 1.807) is 0 Å². The minimum Gasteiger partial charge on any atom is -0.438 e. The maximum absolute atomic E-state index is 6.22. The van der Waals surface area contributed by atoms with E-state index in [1.165, 1.54) is 0 Å². The maximum atomic E-state index is 6.22. The van der Waals surface area contributed by atoms with E-state index < -0.39 is 0 Å². The largest absolute Gasteiger partial charge is 0.438 e. The molecule has 0 bridgehead atoms. The van der Waals surface area contributed by atoms with Crippen molar-refractivity contribution in [2.75, 3.05) is 0 Å². The minimum absolute atomic E-state index is 0.578. The van der Waals surface area contributed by atoms with Gasteiger partial charge in [-0.15, -0.1) is 0 Å². The summed E-state index contributed by atoms with van der Waals surface area (Å²) in [6, 6.07) is 54.9. The Hall–Kier alpha value is -6.79. The van der Waals surface area contributed by atoms with Gasteiger partial charge in [-0.05, 0) is 17.2 Å². The van der Waals surface area contributed by atoms with E-state index >= 15 is 0 Å². The molecule has 0 saturated heterocycles. The van der Waals surface area contributed by atoms with Crippen molar-refractivity contribution in [2.24, 2.45) is 0 Å². The summed E-state index contributed by atoms with van der Waals surface area (Å²) in [7, 11) is 0. The van der Waals surface area contributed by atoms with Gasteiger partial charge in [0.1, 0.15) is 5.58 Å². The highest BCUT2D eigenvalue weighted by Gasteiger charge is 2.18. The zero-order valence-corrected chi connectivity index (χ0v) is 26.2. The van der Waals surface area contributed by atoms with Gasteiger partial charge in [0.2, 0.25) is 5.71 Å². The molecule has 0 aliphatic rings. The summed E-state index contributed by atoms with van der Waals surface area (Å²) in [6.45, 7) is 0. The van der Waals surface area contributed by atoms with Crippen LogP contribution in [0.2, 0.25) is 0 Å². The molecule has 230 valence electrons. The molecular weight excluding hydrogens is 603 g/mol. The lowest BCUT2D eigenvalue weighted by Crippen LogP contribution is -2.00. The second-order valence-electron chi connectivity index (χ2n) is 11.7. The van der Waals surface area contributed by atoms with E-state index in [4.69, 9.17) is 29.3 Å². The van der Waals surface area contributed by atoms with Gasteiger partial charge >= 0.3 is 0 Å². The summed E-state index contributed by atoms with van der Waals surface area (Å²) in [5.74, 6) is 2.53. The molecule has 0 N–H and O–H groups in total. The fraction of sp³-hybridized carbons (Fsp3) is 0. The third-order valence-electron chi connectivity index (χ3n) is 8.60. The Morgan fingerprint density at radius 3 is 1.20 bits per heavy atom. The molecule has 3 aromatic heterocycles. The summed E-state index contributed by atoms with van der Waals surface area (Å²) in [4.78, 5) is 24.5. The maximum Gasteiger partial charge on any atom is 0.231 e. The normalized spacial score (nSPS) is 11.3. The summed E-state index contributed by atoms with van der Waals surface area (Å²) >= 11 is 0. The Labute approximate surface area is 282 Å². The van der Waals surface area contributed by atoms with Gasteiger partial charge in [0, 0.05) is 33.2 Å². The smallest absolute Gasteiger partial charge is 0.231 e. The number of furan rings is 1.